The lowest BCUT2D eigenvalue weighted by Crippen LogP contribution is -2.26. The Bertz CT molecular complexity index is 589. The highest BCUT2D eigenvalue weighted by atomic mass is 31.2. The van der Waals surface area contributed by atoms with Crippen LogP contribution in [0.1, 0.15) is 43.6 Å². The summed E-state index contributed by atoms with van der Waals surface area (Å²) in [6.45, 7) is 1.53. The standard InChI is InChI=1S/C15H26NO6P/c1-11-14(22-15(18)21-11)8-20-23(19,10-13(17)7-16)9-12-5-3-2-4-6-12/h12-13,17H,2-10,16H2,1H3. The van der Waals surface area contributed by atoms with Gasteiger partial charge in [-0.25, -0.2) is 4.79 Å². The Morgan fingerprint density at radius 1 is 1.35 bits per heavy atom. The Balaban J connectivity index is 2.04. The second kappa shape index (κ2) is 8.29. The van der Waals surface area contributed by atoms with E-state index in [0.29, 0.717) is 17.8 Å². The summed E-state index contributed by atoms with van der Waals surface area (Å²) >= 11 is 0. The molecule has 2 rings (SSSR count). The van der Waals surface area contributed by atoms with E-state index < -0.39 is 19.3 Å². The molecule has 7 nitrogen and oxygen atoms in total. The molecule has 0 bridgehead atoms. The molecule has 1 heterocycles. The molecule has 0 saturated heterocycles. The van der Waals surface area contributed by atoms with E-state index in [2.05, 4.69) is 0 Å². The summed E-state index contributed by atoms with van der Waals surface area (Å²) in [6.07, 6.45) is 5.16. The van der Waals surface area contributed by atoms with Crippen molar-refractivity contribution in [1.82, 2.24) is 0 Å². The zero-order chi connectivity index (χ0) is 16.9. The smallest absolute Gasteiger partial charge is 0.396 e. The van der Waals surface area contributed by atoms with Crippen LogP contribution in [-0.2, 0) is 15.7 Å². The van der Waals surface area contributed by atoms with Gasteiger partial charge < -0.3 is 24.2 Å². The first-order valence-corrected chi connectivity index (χ1v) is 10.1. The van der Waals surface area contributed by atoms with Crippen LogP contribution in [0.15, 0.2) is 13.6 Å². The van der Waals surface area contributed by atoms with E-state index in [-0.39, 0.29) is 25.1 Å². The van der Waals surface area contributed by atoms with E-state index in [1.54, 1.807) is 6.92 Å². The molecule has 0 amide bonds. The second-order valence-electron chi connectivity index (χ2n) is 6.28. The lowest BCUT2D eigenvalue weighted by molar-refractivity contribution is 0.192. The van der Waals surface area contributed by atoms with Crippen LogP contribution in [-0.4, -0.2) is 30.1 Å². The Hall–Kier alpha value is -0.880. The van der Waals surface area contributed by atoms with Gasteiger partial charge in [0.1, 0.15) is 12.4 Å². The Morgan fingerprint density at radius 3 is 2.61 bits per heavy atom. The van der Waals surface area contributed by atoms with Gasteiger partial charge in [-0.15, -0.1) is 0 Å². The van der Waals surface area contributed by atoms with E-state index in [4.69, 9.17) is 19.1 Å². The van der Waals surface area contributed by atoms with Crippen molar-refractivity contribution in [3.05, 3.63) is 22.1 Å². The minimum Gasteiger partial charge on any atom is -0.396 e. The number of aliphatic hydroxyl groups is 1. The zero-order valence-corrected chi connectivity index (χ0v) is 14.4. The third kappa shape index (κ3) is 5.60. The van der Waals surface area contributed by atoms with Gasteiger partial charge in [-0.3, -0.25) is 4.57 Å². The highest BCUT2D eigenvalue weighted by Crippen LogP contribution is 2.51. The largest absolute Gasteiger partial charge is 0.519 e. The molecule has 1 aliphatic carbocycles. The summed E-state index contributed by atoms with van der Waals surface area (Å²) in [6, 6.07) is 0. The third-order valence-corrected chi connectivity index (χ3v) is 6.94. The molecule has 0 spiro atoms. The van der Waals surface area contributed by atoms with Gasteiger partial charge in [0.15, 0.2) is 5.76 Å². The van der Waals surface area contributed by atoms with Gasteiger partial charge in [-0.1, -0.05) is 19.3 Å². The van der Waals surface area contributed by atoms with Crippen molar-refractivity contribution in [2.45, 2.75) is 51.7 Å². The molecule has 1 saturated carbocycles. The first-order valence-electron chi connectivity index (χ1n) is 8.12. The van der Waals surface area contributed by atoms with Crippen LogP contribution in [0.2, 0.25) is 0 Å². The summed E-state index contributed by atoms with van der Waals surface area (Å²) in [7, 11) is -3.07. The predicted molar refractivity (Wildman–Crippen MR) is 85.7 cm³/mol. The van der Waals surface area contributed by atoms with Gasteiger partial charge in [0, 0.05) is 12.7 Å². The minimum atomic E-state index is -3.07. The Labute approximate surface area is 135 Å². The maximum Gasteiger partial charge on any atom is 0.519 e. The van der Waals surface area contributed by atoms with Crippen molar-refractivity contribution >= 4 is 7.37 Å². The molecule has 3 N–H and O–H groups in total. The molecule has 0 aliphatic heterocycles. The number of hydrogen-bond acceptors (Lipinski definition) is 7. The van der Waals surface area contributed by atoms with Crippen LogP contribution in [0.3, 0.4) is 0 Å². The lowest BCUT2D eigenvalue weighted by atomic mass is 9.91. The van der Waals surface area contributed by atoms with Gasteiger partial charge >= 0.3 is 5.82 Å². The van der Waals surface area contributed by atoms with Crippen LogP contribution < -0.4 is 11.6 Å². The average Bonchev–Trinajstić information content (AvgIpc) is 2.84. The summed E-state index contributed by atoms with van der Waals surface area (Å²) in [5, 5.41) is 9.81. The maximum absolute atomic E-state index is 13.2. The molecule has 23 heavy (non-hydrogen) atoms. The minimum absolute atomic E-state index is 0.0289. The van der Waals surface area contributed by atoms with E-state index >= 15 is 0 Å². The lowest BCUT2D eigenvalue weighted by Gasteiger charge is -2.27. The van der Waals surface area contributed by atoms with Gasteiger partial charge in [0.25, 0.3) is 0 Å². The van der Waals surface area contributed by atoms with Crippen LogP contribution in [0.5, 0.6) is 0 Å². The van der Waals surface area contributed by atoms with Crippen LogP contribution in [0.25, 0.3) is 0 Å². The molecule has 0 aromatic carbocycles. The predicted octanol–water partition coefficient (Wildman–Crippen LogP) is 2.24. The molecule has 1 aliphatic rings. The highest BCUT2D eigenvalue weighted by molar-refractivity contribution is 7.59. The fraction of sp³-hybridized carbons (Fsp3) is 0.800. The van der Waals surface area contributed by atoms with E-state index in [9.17, 15) is 14.5 Å². The van der Waals surface area contributed by atoms with Crippen LogP contribution >= 0.6 is 7.37 Å². The number of rotatable bonds is 8. The van der Waals surface area contributed by atoms with Crippen LogP contribution in [0.4, 0.5) is 0 Å². The summed E-state index contributed by atoms with van der Waals surface area (Å²) < 4.78 is 28.4. The van der Waals surface area contributed by atoms with Crippen molar-refractivity contribution in [3.63, 3.8) is 0 Å². The summed E-state index contributed by atoms with van der Waals surface area (Å²) in [5.41, 5.74) is 5.45. The summed E-state index contributed by atoms with van der Waals surface area (Å²) in [4.78, 5) is 11.1. The molecule has 8 heteroatoms. The number of aryl methyl sites for hydroxylation is 1. The molecule has 2 atom stereocenters. The highest BCUT2D eigenvalue weighted by Gasteiger charge is 2.31. The van der Waals surface area contributed by atoms with Gasteiger partial charge in [0.2, 0.25) is 7.37 Å². The molecular weight excluding hydrogens is 321 g/mol. The van der Waals surface area contributed by atoms with E-state index in [0.717, 1.165) is 25.7 Å². The molecule has 2 unspecified atom stereocenters. The first kappa shape index (κ1) is 18.5. The van der Waals surface area contributed by atoms with E-state index in [1.165, 1.54) is 6.42 Å². The quantitative estimate of drug-likeness (QED) is 0.693. The Morgan fingerprint density at radius 2 is 2.04 bits per heavy atom. The number of nitrogens with two attached hydrogens (primary N) is 1. The first-order chi connectivity index (χ1) is 10.9. The molecule has 132 valence electrons. The number of aliphatic hydroxyl groups excluding tert-OH is 1. The maximum atomic E-state index is 13.2. The van der Waals surface area contributed by atoms with E-state index in [1.807, 2.05) is 0 Å². The third-order valence-electron chi connectivity index (χ3n) is 4.29. The van der Waals surface area contributed by atoms with Gasteiger partial charge in [-0.05, 0) is 25.7 Å². The second-order valence-corrected chi connectivity index (χ2v) is 8.90. The SMILES string of the molecule is Cc1oc(=O)oc1COP(=O)(CC(O)CN)CC1CCCCC1. The van der Waals surface area contributed by atoms with Crippen molar-refractivity contribution in [3.8, 4) is 0 Å². The molecule has 1 aromatic rings. The molecule has 0 radical (unpaired) electrons. The monoisotopic (exact) mass is 347 g/mol. The van der Waals surface area contributed by atoms with Crippen LogP contribution in [0, 0.1) is 12.8 Å². The fourth-order valence-electron chi connectivity index (χ4n) is 3.02. The topological polar surface area (TPSA) is 116 Å². The summed E-state index contributed by atoms with van der Waals surface area (Å²) in [5.74, 6) is 0.0990. The average molecular weight is 347 g/mol. The normalized spacial score (nSPS) is 20.3. The Kier molecular flexibility index (Phi) is 6.65. The molecule has 1 aromatic heterocycles. The number of hydrogen-bond donors (Lipinski definition) is 2. The zero-order valence-electron chi connectivity index (χ0n) is 13.5. The molecular formula is C15H26NO6P. The van der Waals surface area contributed by atoms with Crippen molar-refractivity contribution in [2.75, 3.05) is 18.9 Å². The van der Waals surface area contributed by atoms with Crippen molar-refractivity contribution in [2.24, 2.45) is 11.7 Å². The van der Waals surface area contributed by atoms with Gasteiger partial charge in [-0.2, -0.15) is 0 Å². The molecule has 1 fully saturated rings. The fourth-order valence-corrected chi connectivity index (χ4v) is 5.68. The van der Waals surface area contributed by atoms with Gasteiger partial charge in [0.05, 0.1) is 12.3 Å². The van der Waals surface area contributed by atoms with Crippen molar-refractivity contribution < 1.29 is 23.0 Å². The van der Waals surface area contributed by atoms with Crippen molar-refractivity contribution in [1.29, 1.82) is 0 Å².